The molecule has 0 heterocycles. The standard InChI is InChI=1S/C18H19NO3/c1-14(20)19-12-11-18(21)22-17-10-6-5-9-16(17)13-15-7-3-2-4-8-15/h2-10H,11-13H2,1H3,(H,19,20). The van der Waals surface area contributed by atoms with E-state index in [1.165, 1.54) is 6.92 Å². The number of carbonyl (C=O) groups excluding carboxylic acids is 2. The van der Waals surface area contributed by atoms with Gasteiger partial charge in [0.15, 0.2) is 0 Å². The number of carbonyl (C=O) groups is 2. The Kier molecular flexibility index (Phi) is 5.72. The van der Waals surface area contributed by atoms with Gasteiger partial charge < -0.3 is 10.1 Å². The predicted octanol–water partition coefficient (Wildman–Crippen LogP) is 2.71. The summed E-state index contributed by atoms with van der Waals surface area (Å²) in [7, 11) is 0. The van der Waals surface area contributed by atoms with Gasteiger partial charge in [0.1, 0.15) is 5.75 Å². The summed E-state index contributed by atoms with van der Waals surface area (Å²) in [6.45, 7) is 1.70. The molecule has 2 aromatic carbocycles. The quantitative estimate of drug-likeness (QED) is 0.659. The highest BCUT2D eigenvalue weighted by molar-refractivity contribution is 5.75. The molecule has 0 radical (unpaired) electrons. The van der Waals surface area contributed by atoms with Crippen LogP contribution in [-0.4, -0.2) is 18.4 Å². The van der Waals surface area contributed by atoms with Crippen molar-refractivity contribution in [1.29, 1.82) is 0 Å². The van der Waals surface area contributed by atoms with Crippen LogP contribution >= 0.6 is 0 Å². The first-order chi connectivity index (χ1) is 10.6. The Morgan fingerprint density at radius 3 is 2.41 bits per heavy atom. The summed E-state index contributed by atoms with van der Waals surface area (Å²) < 4.78 is 5.41. The maximum atomic E-state index is 11.8. The third kappa shape index (κ3) is 5.05. The fourth-order valence-electron chi connectivity index (χ4n) is 2.08. The number of hydrogen-bond acceptors (Lipinski definition) is 3. The van der Waals surface area contributed by atoms with Gasteiger partial charge in [0.25, 0.3) is 0 Å². The van der Waals surface area contributed by atoms with E-state index < -0.39 is 0 Å². The number of rotatable bonds is 6. The Bertz CT molecular complexity index is 638. The van der Waals surface area contributed by atoms with Gasteiger partial charge >= 0.3 is 5.97 Å². The van der Waals surface area contributed by atoms with Gasteiger partial charge in [-0.15, -0.1) is 0 Å². The zero-order valence-electron chi connectivity index (χ0n) is 12.5. The third-order valence-corrected chi connectivity index (χ3v) is 3.14. The second kappa shape index (κ2) is 7.98. The van der Waals surface area contributed by atoms with E-state index in [0.29, 0.717) is 12.2 Å². The minimum absolute atomic E-state index is 0.152. The maximum Gasteiger partial charge on any atom is 0.312 e. The normalized spacial score (nSPS) is 10.0. The molecule has 2 aromatic rings. The molecule has 0 bridgehead atoms. The van der Waals surface area contributed by atoms with Crippen molar-refractivity contribution in [2.24, 2.45) is 0 Å². The number of nitrogens with one attached hydrogen (secondary N) is 1. The molecule has 0 aromatic heterocycles. The molecule has 0 saturated carbocycles. The Morgan fingerprint density at radius 1 is 1.00 bits per heavy atom. The lowest BCUT2D eigenvalue weighted by molar-refractivity contribution is -0.134. The van der Waals surface area contributed by atoms with E-state index in [-0.39, 0.29) is 24.8 Å². The highest BCUT2D eigenvalue weighted by Crippen LogP contribution is 2.21. The number of esters is 1. The molecule has 0 aliphatic carbocycles. The number of amides is 1. The van der Waals surface area contributed by atoms with Crippen LogP contribution in [0.4, 0.5) is 0 Å². The lowest BCUT2D eigenvalue weighted by Crippen LogP contribution is -2.24. The van der Waals surface area contributed by atoms with Crippen molar-refractivity contribution in [1.82, 2.24) is 5.32 Å². The highest BCUT2D eigenvalue weighted by atomic mass is 16.5. The minimum atomic E-state index is -0.353. The van der Waals surface area contributed by atoms with Crippen molar-refractivity contribution in [3.05, 3.63) is 65.7 Å². The first kappa shape index (κ1) is 15.8. The highest BCUT2D eigenvalue weighted by Gasteiger charge is 2.09. The van der Waals surface area contributed by atoms with Gasteiger partial charge in [-0.3, -0.25) is 9.59 Å². The number of hydrogen-bond donors (Lipinski definition) is 1. The molecule has 0 aliphatic heterocycles. The van der Waals surface area contributed by atoms with E-state index in [9.17, 15) is 9.59 Å². The van der Waals surface area contributed by atoms with Crippen LogP contribution in [0.2, 0.25) is 0 Å². The Morgan fingerprint density at radius 2 is 1.68 bits per heavy atom. The predicted molar refractivity (Wildman–Crippen MR) is 84.6 cm³/mol. The molecule has 1 N–H and O–H groups in total. The molecule has 22 heavy (non-hydrogen) atoms. The second-order valence-corrected chi connectivity index (χ2v) is 4.98. The topological polar surface area (TPSA) is 55.4 Å². The molecule has 2 rings (SSSR count). The van der Waals surface area contributed by atoms with Crippen LogP contribution in [0.5, 0.6) is 5.75 Å². The van der Waals surface area contributed by atoms with Crippen LogP contribution in [0.1, 0.15) is 24.5 Å². The molecule has 114 valence electrons. The largest absolute Gasteiger partial charge is 0.426 e. The summed E-state index contributed by atoms with van der Waals surface area (Å²) in [5, 5.41) is 2.58. The summed E-state index contributed by atoms with van der Waals surface area (Å²) in [6.07, 6.45) is 0.856. The van der Waals surface area contributed by atoms with Crippen LogP contribution in [0.3, 0.4) is 0 Å². The van der Waals surface area contributed by atoms with Crippen LogP contribution in [0, 0.1) is 0 Å². The molecule has 0 unspecified atom stereocenters. The Balaban J connectivity index is 1.99. The Labute approximate surface area is 130 Å². The summed E-state index contributed by atoms with van der Waals surface area (Å²) in [5.74, 6) is 0.0608. The monoisotopic (exact) mass is 297 g/mol. The summed E-state index contributed by atoms with van der Waals surface area (Å²) in [4.78, 5) is 22.6. The third-order valence-electron chi connectivity index (χ3n) is 3.14. The molecule has 4 heteroatoms. The zero-order valence-corrected chi connectivity index (χ0v) is 12.5. The van der Waals surface area contributed by atoms with Crippen molar-refractivity contribution in [2.45, 2.75) is 19.8 Å². The van der Waals surface area contributed by atoms with Crippen LogP contribution in [0.25, 0.3) is 0 Å². The molecule has 0 atom stereocenters. The van der Waals surface area contributed by atoms with E-state index >= 15 is 0 Å². The van der Waals surface area contributed by atoms with Crippen molar-refractivity contribution in [3.63, 3.8) is 0 Å². The zero-order chi connectivity index (χ0) is 15.8. The van der Waals surface area contributed by atoms with Crippen molar-refractivity contribution in [2.75, 3.05) is 6.54 Å². The molecule has 0 spiro atoms. The molecule has 0 fully saturated rings. The van der Waals surface area contributed by atoms with Gasteiger partial charge in [-0.1, -0.05) is 48.5 Å². The lowest BCUT2D eigenvalue weighted by atomic mass is 10.0. The maximum absolute atomic E-state index is 11.8. The Hall–Kier alpha value is -2.62. The SMILES string of the molecule is CC(=O)NCCC(=O)Oc1ccccc1Cc1ccccc1. The van der Waals surface area contributed by atoms with Gasteiger partial charge in [-0.2, -0.15) is 0 Å². The van der Waals surface area contributed by atoms with Crippen LogP contribution in [0.15, 0.2) is 54.6 Å². The van der Waals surface area contributed by atoms with Gasteiger partial charge in [-0.25, -0.2) is 0 Å². The molecular weight excluding hydrogens is 278 g/mol. The van der Waals surface area contributed by atoms with E-state index in [0.717, 1.165) is 11.1 Å². The summed E-state index contributed by atoms with van der Waals surface area (Å²) in [6, 6.07) is 17.5. The second-order valence-electron chi connectivity index (χ2n) is 4.98. The van der Waals surface area contributed by atoms with E-state index in [4.69, 9.17) is 4.74 Å². The molecule has 4 nitrogen and oxygen atoms in total. The smallest absolute Gasteiger partial charge is 0.312 e. The molecule has 0 saturated heterocycles. The number of ether oxygens (including phenoxy) is 1. The van der Waals surface area contributed by atoms with Gasteiger partial charge in [0.05, 0.1) is 6.42 Å². The van der Waals surface area contributed by atoms with Crippen molar-refractivity contribution >= 4 is 11.9 Å². The lowest BCUT2D eigenvalue weighted by Gasteiger charge is -2.10. The molecule has 0 aliphatic rings. The number of benzene rings is 2. The van der Waals surface area contributed by atoms with Gasteiger partial charge in [0, 0.05) is 19.9 Å². The average molecular weight is 297 g/mol. The van der Waals surface area contributed by atoms with Crippen LogP contribution in [-0.2, 0) is 16.0 Å². The van der Waals surface area contributed by atoms with Gasteiger partial charge in [0.2, 0.25) is 5.91 Å². The fraction of sp³-hybridized carbons (Fsp3) is 0.222. The average Bonchev–Trinajstić information content (AvgIpc) is 2.50. The van der Waals surface area contributed by atoms with E-state index in [1.807, 2.05) is 48.5 Å². The molecular formula is C18H19NO3. The number of para-hydroxylation sites is 1. The van der Waals surface area contributed by atoms with Gasteiger partial charge in [-0.05, 0) is 17.2 Å². The summed E-state index contributed by atoms with van der Waals surface area (Å²) in [5.41, 5.74) is 2.12. The minimum Gasteiger partial charge on any atom is -0.426 e. The van der Waals surface area contributed by atoms with Crippen molar-refractivity contribution < 1.29 is 14.3 Å². The molecule has 1 amide bonds. The first-order valence-electron chi connectivity index (χ1n) is 7.22. The van der Waals surface area contributed by atoms with E-state index in [2.05, 4.69) is 5.32 Å². The van der Waals surface area contributed by atoms with E-state index in [1.54, 1.807) is 6.07 Å². The van der Waals surface area contributed by atoms with Crippen molar-refractivity contribution in [3.8, 4) is 5.75 Å². The summed E-state index contributed by atoms with van der Waals surface area (Å²) >= 11 is 0. The fourth-order valence-corrected chi connectivity index (χ4v) is 2.08. The first-order valence-corrected chi connectivity index (χ1v) is 7.22. The van der Waals surface area contributed by atoms with Crippen LogP contribution < -0.4 is 10.1 Å².